The van der Waals surface area contributed by atoms with Gasteiger partial charge in [-0.15, -0.1) is 11.3 Å². The molecule has 21 heavy (non-hydrogen) atoms. The molecule has 0 atom stereocenters. The van der Waals surface area contributed by atoms with E-state index in [2.05, 4.69) is 70.2 Å². The van der Waals surface area contributed by atoms with Crippen LogP contribution in [0.5, 0.6) is 0 Å². The molecular weight excluding hydrogens is 370 g/mol. The van der Waals surface area contributed by atoms with E-state index in [4.69, 9.17) is 11.6 Å². The van der Waals surface area contributed by atoms with Crippen molar-refractivity contribution in [3.8, 4) is 0 Å². The van der Waals surface area contributed by atoms with Crippen LogP contribution < -0.4 is 5.32 Å². The normalized spacial score (nSPS) is 11.1. The van der Waals surface area contributed by atoms with E-state index in [9.17, 15) is 0 Å². The van der Waals surface area contributed by atoms with E-state index >= 15 is 0 Å². The third kappa shape index (κ3) is 2.91. The highest BCUT2D eigenvalue weighted by Gasteiger charge is 2.11. The smallest absolute Gasteiger partial charge is 0.225 e. The zero-order chi connectivity index (χ0) is 15.1. The predicted molar refractivity (Wildman–Crippen MR) is 94.1 cm³/mol. The van der Waals surface area contributed by atoms with Gasteiger partial charge < -0.3 is 5.32 Å². The number of aryl methyl sites for hydroxylation is 3. The maximum absolute atomic E-state index is 6.02. The molecule has 3 aromatic rings. The van der Waals surface area contributed by atoms with E-state index in [-0.39, 0.29) is 5.28 Å². The third-order valence-electron chi connectivity index (χ3n) is 3.19. The van der Waals surface area contributed by atoms with Gasteiger partial charge in [-0.1, -0.05) is 15.9 Å². The lowest BCUT2D eigenvalue weighted by molar-refractivity contribution is 1.22. The van der Waals surface area contributed by atoms with Gasteiger partial charge in [-0.25, -0.2) is 4.98 Å². The lowest BCUT2D eigenvalue weighted by Crippen LogP contribution is -1.97. The molecule has 0 aliphatic carbocycles. The van der Waals surface area contributed by atoms with Crippen molar-refractivity contribution in [1.29, 1.82) is 0 Å². The number of fused-ring (bicyclic) bond motifs is 1. The molecular formula is C15H13BrClN3S. The summed E-state index contributed by atoms with van der Waals surface area (Å²) in [6, 6.07) is 6.24. The number of hydrogen-bond donors (Lipinski definition) is 1. The number of nitrogens with zero attached hydrogens (tertiary/aromatic N) is 2. The topological polar surface area (TPSA) is 37.8 Å². The van der Waals surface area contributed by atoms with E-state index in [1.165, 1.54) is 16.0 Å². The molecule has 0 spiro atoms. The Balaban J connectivity index is 2.09. The molecule has 0 radical (unpaired) electrons. The number of thiophene rings is 1. The maximum Gasteiger partial charge on any atom is 0.225 e. The molecule has 1 aromatic carbocycles. The molecule has 0 aliphatic rings. The zero-order valence-corrected chi connectivity index (χ0v) is 14.9. The Labute approximate surface area is 140 Å². The average Bonchev–Trinajstić information content (AvgIpc) is 2.76. The molecule has 2 aromatic heterocycles. The first-order chi connectivity index (χ1) is 9.94. The van der Waals surface area contributed by atoms with Crippen molar-refractivity contribution in [2.24, 2.45) is 0 Å². The fourth-order valence-corrected chi connectivity index (χ4v) is 3.59. The van der Waals surface area contributed by atoms with E-state index in [0.29, 0.717) is 0 Å². The molecule has 6 heteroatoms. The van der Waals surface area contributed by atoms with E-state index < -0.39 is 0 Å². The van der Waals surface area contributed by atoms with Crippen LogP contribution in [0.3, 0.4) is 0 Å². The first kappa shape index (κ1) is 14.8. The second kappa shape index (κ2) is 5.55. The number of aromatic nitrogens is 2. The van der Waals surface area contributed by atoms with Crippen LogP contribution in [0.4, 0.5) is 11.5 Å². The average molecular weight is 383 g/mol. The van der Waals surface area contributed by atoms with E-state index in [1.54, 1.807) is 11.3 Å². The first-order valence-electron chi connectivity index (χ1n) is 6.41. The minimum Gasteiger partial charge on any atom is -0.340 e. The van der Waals surface area contributed by atoms with Crippen molar-refractivity contribution in [3.05, 3.63) is 44.0 Å². The lowest BCUT2D eigenvalue weighted by Gasteiger charge is -2.11. The monoisotopic (exact) mass is 381 g/mol. The predicted octanol–water partition coefficient (Wildman–Crippen LogP) is 5.78. The molecule has 108 valence electrons. The van der Waals surface area contributed by atoms with Crippen LogP contribution in [0.25, 0.3) is 10.2 Å². The van der Waals surface area contributed by atoms with Crippen LogP contribution in [0, 0.1) is 20.8 Å². The summed E-state index contributed by atoms with van der Waals surface area (Å²) in [7, 11) is 0. The van der Waals surface area contributed by atoms with Crippen LogP contribution in [0.1, 0.15) is 16.0 Å². The van der Waals surface area contributed by atoms with Crippen LogP contribution in [-0.4, -0.2) is 9.97 Å². The molecule has 2 heterocycles. The summed E-state index contributed by atoms with van der Waals surface area (Å²) >= 11 is 11.2. The molecule has 3 nitrogen and oxygen atoms in total. The minimum atomic E-state index is 0.261. The highest BCUT2D eigenvalue weighted by molar-refractivity contribution is 9.10. The van der Waals surface area contributed by atoms with Gasteiger partial charge in [0.15, 0.2) is 0 Å². The largest absolute Gasteiger partial charge is 0.340 e. The second-order valence-corrected chi connectivity index (χ2v) is 7.33. The fraction of sp³-hybridized carbons (Fsp3) is 0.200. The van der Waals surface area contributed by atoms with Crippen molar-refractivity contribution in [2.45, 2.75) is 20.8 Å². The van der Waals surface area contributed by atoms with Crippen LogP contribution in [0.2, 0.25) is 5.28 Å². The van der Waals surface area contributed by atoms with Crippen molar-refractivity contribution in [1.82, 2.24) is 9.97 Å². The number of halogens is 2. The number of anilines is 2. The van der Waals surface area contributed by atoms with Gasteiger partial charge in [-0.2, -0.15) is 4.98 Å². The van der Waals surface area contributed by atoms with Gasteiger partial charge in [-0.3, -0.25) is 0 Å². The molecule has 0 amide bonds. The standard InChI is InChI=1S/C15H13BrClN3S/c1-7-4-10(5-8(2)12(7)16)18-13-11-6-9(3)21-14(11)20-15(17)19-13/h4-6H,1-3H3,(H,18,19,20). The molecule has 0 saturated heterocycles. The Bertz CT molecular complexity index is 821. The van der Waals surface area contributed by atoms with Gasteiger partial charge in [0.1, 0.15) is 10.6 Å². The van der Waals surface area contributed by atoms with Crippen molar-refractivity contribution in [3.63, 3.8) is 0 Å². The van der Waals surface area contributed by atoms with E-state index in [1.807, 2.05) is 0 Å². The summed E-state index contributed by atoms with van der Waals surface area (Å²) in [6.07, 6.45) is 0. The Hall–Kier alpha value is -1.17. The summed E-state index contributed by atoms with van der Waals surface area (Å²) in [5.41, 5.74) is 3.35. The van der Waals surface area contributed by atoms with Gasteiger partial charge in [0.05, 0.1) is 5.39 Å². The Morgan fingerprint density at radius 1 is 1.10 bits per heavy atom. The molecule has 0 aliphatic heterocycles. The Morgan fingerprint density at radius 2 is 1.76 bits per heavy atom. The van der Waals surface area contributed by atoms with Crippen molar-refractivity contribution >= 4 is 60.6 Å². The Kier molecular flexibility index (Phi) is 3.90. The van der Waals surface area contributed by atoms with E-state index in [0.717, 1.165) is 26.2 Å². The van der Waals surface area contributed by atoms with Crippen molar-refractivity contribution < 1.29 is 0 Å². The maximum atomic E-state index is 6.02. The van der Waals surface area contributed by atoms with Gasteiger partial charge in [0.25, 0.3) is 0 Å². The first-order valence-corrected chi connectivity index (χ1v) is 8.40. The van der Waals surface area contributed by atoms with Crippen LogP contribution in [0.15, 0.2) is 22.7 Å². The zero-order valence-electron chi connectivity index (χ0n) is 11.8. The number of rotatable bonds is 2. The van der Waals surface area contributed by atoms with Gasteiger partial charge in [-0.05, 0) is 61.7 Å². The fourth-order valence-electron chi connectivity index (χ4n) is 2.27. The highest BCUT2D eigenvalue weighted by Crippen LogP contribution is 2.32. The molecule has 0 saturated carbocycles. The summed E-state index contributed by atoms with van der Waals surface area (Å²) in [5, 5.41) is 4.62. The summed E-state index contributed by atoms with van der Waals surface area (Å²) in [5.74, 6) is 0.746. The molecule has 0 bridgehead atoms. The quantitative estimate of drug-likeness (QED) is 0.571. The SMILES string of the molecule is Cc1cc2c(Nc3cc(C)c(Br)c(C)c3)nc(Cl)nc2s1. The van der Waals surface area contributed by atoms with Crippen molar-refractivity contribution in [2.75, 3.05) is 5.32 Å². The molecule has 0 fully saturated rings. The molecule has 1 N–H and O–H groups in total. The third-order valence-corrected chi connectivity index (χ3v) is 5.55. The van der Waals surface area contributed by atoms with Crippen LogP contribution >= 0.6 is 38.9 Å². The summed E-state index contributed by atoms with van der Waals surface area (Å²) in [4.78, 5) is 10.7. The molecule has 0 unspecified atom stereocenters. The molecule has 3 rings (SSSR count). The number of hydrogen-bond acceptors (Lipinski definition) is 4. The minimum absolute atomic E-state index is 0.261. The van der Waals surface area contributed by atoms with Gasteiger partial charge in [0.2, 0.25) is 5.28 Å². The summed E-state index contributed by atoms with van der Waals surface area (Å²) in [6.45, 7) is 6.19. The number of nitrogens with one attached hydrogen (secondary N) is 1. The Morgan fingerprint density at radius 3 is 2.43 bits per heavy atom. The van der Waals surface area contributed by atoms with Gasteiger partial charge >= 0.3 is 0 Å². The lowest BCUT2D eigenvalue weighted by atomic mass is 10.1. The van der Waals surface area contributed by atoms with Crippen LogP contribution in [-0.2, 0) is 0 Å². The van der Waals surface area contributed by atoms with Gasteiger partial charge in [0, 0.05) is 15.0 Å². The highest BCUT2D eigenvalue weighted by atomic mass is 79.9. The summed E-state index contributed by atoms with van der Waals surface area (Å²) < 4.78 is 1.13. The second-order valence-electron chi connectivity index (χ2n) is 4.97. The number of benzene rings is 1.